The lowest BCUT2D eigenvalue weighted by atomic mass is 10.3. The second kappa shape index (κ2) is 6.41. The predicted molar refractivity (Wildman–Crippen MR) is 85.3 cm³/mol. The van der Waals surface area contributed by atoms with Crippen LogP contribution in [0.3, 0.4) is 0 Å². The van der Waals surface area contributed by atoms with E-state index in [-0.39, 0.29) is 5.75 Å². The van der Waals surface area contributed by atoms with Crippen molar-refractivity contribution in [1.82, 2.24) is 4.98 Å². The van der Waals surface area contributed by atoms with Gasteiger partial charge in [-0.2, -0.15) is 0 Å². The van der Waals surface area contributed by atoms with Crippen LogP contribution in [0.5, 0.6) is 0 Å². The van der Waals surface area contributed by atoms with E-state index in [1.54, 1.807) is 0 Å². The molecule has 0 radical (unpaired) electrons. The van der Waals surface area contributed by atoms with Gasteiger partial charge in [-0.1, -0.05) is 30.0 Å². The molecule has 0 bridgehead atoms. The van der Waals surface area contributed by atoms with Crippen LogP contribution < -0.4 is 5.32 Å². The number of benzene rings is 2. The third-order valence-electron chi connectivity index (χ3n) is 2.83. The summed E-state index contributed by atoms with van der Waals surface area (Å²) in [6.07, 6.45) is 0. The van der Waals surface area contributed by atoms with Crippen molar-refractivity contribution >= 4 is 44.9 Å². The number of hydrogen-bond donors (Lipinski definition) is 1. The van der Waals surface area contributed by atoms with E-state index in [4.69, 9.17) is 0 Å². The minimum atomic E-state index is -0.793. The first-order chi connectivity index (χ1) is 10.6. The number of nitrogens with zero attached hydrogens (tertiary/aromatic N) is 1. The molecule has 1 heterocycles. The molecule has 0 saturated heterocycles. The fourth-order valence-electron chi connectivity index (χ4n) is 1.83. The van der Waals surface area contributed by atoms with Crippen molar-refractivity contribution in [2.24, 2.45) is 0 Å². The minimum absolute atomic E-state index is 0.0353. The molecule has 0 atom stereocenters. The van der Waals surface area contributed by atoms with E-state index in [9.17, 15) is 13.6 Å². The normalized spacial score (nSPS) is 10.8. The Morgan fingerprint density at radius 2 is 1.86 bits per heavy atom. The van der Waals surface area contributed by atoms with Crippen LogP contribution in [0.4, 0.5) is 14.5 Å². The van der Waals surface area contributed by atoms with E-state index >= 15 is 0 Å². The molecule has 0 aliphatic carbocycles. The van der Waals surface area contributed by atoms with Crippen LogP contribution in [0.25, 0.3) is 10.2 Å². The number of carbonyl (C=O) groups is 1. The zero-order valence-electron chi connectivity index (χ0n) is 11.2. The number of thiazole rings is 1. The summed E-state index contributed by atoms with van der Waals surface area (Å²) in [5.74, 6) is -2.03. The maximum Gasteiger partial charge on any atom is 0.234 e. The number of para-hydroxylation sites is 2. The molecule has 0 unspecified atom stereocenters. The number of thioether (sulfide) groups is 1. The van der Waals surface area contributed by atoms with Crippen molar-refractivity contribution in [1.29, 1.82) is 0 Å². The molecule has 22 heavy (non-hydrogen) atoms. The van der Waals surface area contributed by atoms with Gasteiger partial charge in [0.05, 0.1) is 16.0 Å². The van der Waals surface area contributed by atoms with Gasteiger partial charge in [0.2, 0.25) is 5.91 Å². The summed E-state index contributed by atoms with van der Waals surface area (Å²) in [6.45, 7) is 0. The average Bonchev–Trinajstić information content (AvgIpc) is 2.92. The lowest BCUT2D eigenvalue weighted by Crippen LogP contribution is -2.16. The monoisotopic (exact) mass is 336 g/mol. The third kappa shape index (κ3) is 3.26. The molecule has 1 amide bonds. The fourth-order valence-corrected chi connectivity index (χ4v) is 3.70. The lowest BCUT2D eigenvalue weighted by Gasteiger charge is -2.06. The Balaban J connectivity index is 1.65. The molecule has 0 aliphatic rings. The summed E-state index contributed by atoms with van der Waals surface area (Å²) in [5.41, 5.74) is 0.452. The number of hydrogen-bond acceptors (Lipinski definition) is 4. The van der Waals surface area contributed by atoms with Crippen molar-refractivity contribution in [2.45, 2.75) is 4.34 Å². The van der Waals surface area contributed by atoms with E-state index < -0.39 is 23.2 Å². The van der Waals surface area contributed by atoms with Crippen molar-refractivity contribution in [3.63, 3.8) is 0 Å². The van der Waals surface area contributed by atoms with Crippen molar-refractivity contribution < 1.29 is 13.6 Å². The molecular formula is C15H10F2N2OS2. The molecule has 0 spiro atoms. The summed E-state index contributed by atoms with van der Waals surface area (Å²) in [6, 6.07) is 11.1. The SMILES string of the molecule is O=C(CSc1nc2ccccc2s1)Nc1c(F)cccc1F. The molecule has 0 fully saturated rings. The van der Waals surface area contributed by atoms with Crippen molar-refractivity contribution in [2.75, 3.05) is 11.1 Å². The van der Waals surface area contributed by atoms with Gasteiger partial charge in [-0.3, -0.25) is 4.79 Å². The van der Waals surface area contributed by atoms with Gasteiger partial charge in [0.1, 0.15) is 17.3 Å². The number of halogens is 2. The minimum Gasteiger partial charge on any atom is -0.320 e. The van der Waals surface area contributed by atoms with Gasteiger partial charge in [-0.05, 0) is 24.3 Å². The topological polar surface area (TPSA) is 42.0 Å². The van der Waals surface area contributed by atoms with Crippen LogP contribution in [-0.2, 0) is 4.79 Å². The first kappa shape index (κ1) is 14.9. The number of anilines is 1. The van der Waals surface area contributed by atoms with E-state index in [1.165, 1.54) is 29.2 Å². The molecule has 0 aliphatic heterocycles. The van der Waals surface area contributed by atoms with Gasteiger partial charge in [-0.25, -0.2) is 13.8 Å². The van der Waals surface area contributed by atoms with Gasteiger partial charge < -0.3 is 5.32 Å². The smallest absolute Gasteiger partial charge is 0.234 e. The zero-order chi connectivity index (χ0) is 15.5. The van der Waals surface area contributed by atoms with Crippen LogP contribution in [-0.4, -0.2) is 16.6 Å². The summed E-state index contributed by atoms with van der Waals surface area (Å²) in [5, 5.41) is 2.25. The highest BCUT2D eigenvalue weighted by Gasteiger charge is 2.13. The summed E-state index contributed by atoms with van der Waals surface area (Å²) >= 11 is 2.71. The van der Waals surface area contributed by atoms with E-state index in [1.807, 2.05) is 24.3 Å². The highest BCUT2D eigenvalue weighted by atomic mass is 32.2. The quantitative estimate of drug-likeness (QED) is 0.722. The highest BCUT2D eigenvalue weighted by Crippen LogP contribution is 2.29. The Kier molecular flexibility index (Phi) is 4.35. The van der Waals surface area contributed by atoms with Crippen LogP contribution in [0, 0.1) is 11.6 Å². The second-order valence-corrected chi connectivity index (χ2v) is 6.63. The van der Waals surface area contributed by atoms with Crippen LogP contribution in [0.1, 0.15) is 0 Å². The molecule has 1 N–H and O–H groups in total. The molecule has 2 aromatic carbocycles. The second-order valence-electron chi connectivity index (χ2n) is 4.38. The Hall–Kier alpha value is -1.99. The van der Waals surface area contributed by atoms with Crippen molar-refractivity contribution in [3.05, 3.63) is 54.1 Å². The first-order valence-corrected chi connectivity index (χ1v) is 8.16. The van der Waals surface area contributed by atoms with E-state index in [0.717, 1.165) is 26.7 Å². The summed E-state index contributed by atoms with van der Waals surface area (Å²) in [7, 11) is 0. The maximum absolute atomic E-state index is 13.4. The Labute approximate surface area is 133 Å². The summed E-state index contributed by atoms with van der Waals surface area (Å²) < 4.78 is 28.7. The van der Waals surface area contributed by atoms with Gasteiger partial charge in [0.25, 0.3) is 0 Å². The number of carbonyl (C=O) groups excluding carboxylic acids is 1. The fraction of sp³-hybridized carbons (Fsp3) is 0.0667. The lowest BCUT2D eigenvalue weighted by molar-refractivity contribution is -0.113. The maximum atomic E-state index is 13.4. The highest BCUT2D eigenvalue weighted by molar-refractivity contribution is 8.01. The van der Waals surface area contributed by atoms with Gasteiger partial charge in [0, 0.05) is 0 Å². The molecular weight excluding hydrogens is 326 g/mol. The van der Waals surface area contributed by atoms with Gasteiger partial charge in [-0.15, -0.1) is 11.3 Å². The Morgan fingerprint density at radius 1 is 1.14 bits per heavy atom. The predicted octanol–water partition coefficient (Wildman–Crippen LogP) is 4.31. The third-order valence-corrected chi connectivity index (χ3v) is 5.01. The molecule has 3 nitrogen and oxygen atoms in total. The number of amides is 1. The average molecular weight is 336 g/mol. The molecule has 0 saturated carbocycles. The molecule has 112 valence electrons. The molecule has 3 rings (SSSR count). The van der Waals surface area contributed by atoms with E-state index in [2.05, 4.69) is 10.3 Å². The largest absolute Gasteiger partial charge is 0.320 e. The van der Waals surface area contributed by atoms with Crippen molar-refractivity contribution in [3.8, 4) is 0 Å². The zero-order valence-corrected chi connectivity index (χ0v) is 12.8. The van der Waals surface area contributed by atoms with Gasteiger partial charge in [0.15, 0.2) is 4.34 Å². The molecule has 3 aromatic rings. The summed E-state index contributed by atoms with van der Waals surface area (Å²) in [4.78, 5) is 16.2. The Bertz CT molecular complexity index is 782. The first-order valence-electron chi connectivity index (χ1n) is 6.36. The van der Waals surface area contributed by atoms with Crippen LogP contribution in [0.15, 0.2) is 46.8 Å². The molecule has 7 heteroatoms. The van der Waals surface area contributed by atoms with E-state index in [0.29, 0.717) is 0 Å². The van der Waals surface area contributed by atoms with Crippen LogP contribution >= 0.6 is 23.1 Å². The standard InChI is InChI=1S/C15H10F2N2OS2/c16-9-4-3-5-10(17)14(9)19-13(20)8-21-15-18-11-6-1-2-7-12(11)22-15/h1-7H,8H2,(H,19,20). The number of rotatable bonds is 4. The number of nitrogens with one attached hydrogen (secondary N) is 1. The Morgan fingerprint density at radius 3 is 2.59 bits per heavy atom. The number of aromatic nitrogens is 1. The van der Waals surface area contributed by atoms with Gasteiger partial charge >= 0.3 is 0 Å². The number of fused-ring (bicyclic) bond motifs is 1. The van der Waals surface area contributed by atoms with Crippen LogP contribution in [0.2, 0.25) is 0 Å². The molecule has 1 aromatic heterocycles.